The maximum Gasteiger partial charge on any atom is 0.0459 e. The number of aromatic nitrogens is 1. The second-order valence-corrected chi connectivity index (χ2v) is 7.37. The number of thioether (sulfide) groups is 1. The van der Waals surface area contributed by atoms with Gasteiger partial charge in [0.15, 0.2) is 0 Å². The van der Waals surface area contributed by atoms with E-state index >= 15 is 0 Å². The number of fused-ring (bicyclic) bond motifs is 2. The van der Waals surface area contributed by atoms with Gasteiger partial charge in [0.25, 0.3) is 0 Å². The molecule has 1 unspecified atom stereocenters. The number of likely N-dealkylation sites (tertiary alicyclic amines) is 1. The molecule has 1 aromatic heterocycles. The second-order valence-electron chi connectivity index (χ2n) is 6.46. The van der Waals surface area contributed by atoms with Crippen molar-refractivity contribution in [2.24, 2.45) is 5.92 Å². The van der Waals surface area contributed by atoms with E-state index in [4.69, 9.17) is 0 Å². The molecule has 3 heteroatoms. The zero-order valence-corrected chi connectivity index (χ0v) is 13.0. The van der Waals surface area contributed by atoms with Gasteiger partial charge in [-0.3, -0.25) is 0 Å². The number of hydrogen-bond donors (Lipinski definition) is 1. The van der Waals surface area contributed by atoms with Crippen LogP contribution in [0.1, 0.15) is 23.5 Å². The molecule has 106 valence electrons. The van der Waals surface area contributed by atoms with Crippen LogP contribution in [0.4, 0.5) is 0 Å². The molecule has 4 rings (SSSR count). The predicted molar refractivity (Wildman–Crippen MR) is 87.7 cm³/mol. The molecule has 2 nitrogen and oxygen atoms in total. The summed E-state index contributed by atoms with van der Waals surface area (Å²) in [5.41, 5.74) is 4.44. The molecule has 1 aliphatic carbocycles. The zero-order valence-electron chi connectivity index (χ0n) is 12.2. The minimum Gasteiger partial charge on any atom is -0.361 e. The molecular formula is C17H22N2S. The van der Waals surface area contributed by atoms with Crippen LogP contribution in [0.15, 0.2) is 24.4 Å². The van der Waals surface area contributed by atoms with Crippen molar-refractivity contribution in [3.05, 3.63) is 35.5 Å². The van der Waals surface area contributed by atoms with Gasteiger partial charge in [-0.15, -0.1) is 0 Å². The van der Waals surface area contributed by atoms with Gasteiger partial charge in [0.1, 0.15) is 0 Å². The van der Waals surface area contributed by atoms with Crippen molar-refractivity contribution in [2.45, 2.75) is 24.8 Å². The third-order valence-electron chi connectivity index (χ3n) is 5.21. The third-order valence-corrected chi connectivity index (χ3v) is 6.02. The highest BCUT2D eigenvalue weighted by molar-refractivity contribution is 7.98. The molecule has 1 fully saturated rings. The minimum atomic E-state index is 0.696. The molecule has 0 amide bonds. The van der Waals surface area contributed by atoms with E-state index in [1.54, 1.807) is 5.56 Å². The standard InChI is InChI=1S/C17H22N2S/c1-19-9-11(10-20-2)6-14-13-4-3-5-15-17(13)12(8-18-15)7-16(14)19/h3-5,8,11,14,16,18H,6-7,9-10H2,1-2H3/t11?,14-,16-/m0/s1. The molecule has 3 atom stereocenters. The Balaban J connectivity index is 1.79. The largest absolute Gasteiger partial charge is 0.361 e. The molecule has 0 bridgehead atoms. The lowest BCUT2D eigenvalue weighted by atomic mass is 9.73. The summed E-state index contributed by atoms with van der Waals surface area (Å²) in [4.78, 5) is 6.07. The van der Waals surface area contributed by atoms with Crippen LogP contribution in [0, 0.1) is 5.92 Å². The van der Waals surface area contributed by atoms with Crippen LogP contribution in [0.25, 0.3) is 10.9 Å². The van der Waals surface area contributed by atoms with Gasteiger partial charge in [-0.1, -0.05) is 12.1 Å². The fraction of sp³-hybridized carbons (Fsp3) is 0.529. The van der Waals surface area contributed by atoms with Crippen molar-refractivity contribution < 1.29 is 0 Å². The van der Waals surface area contributed by atoms with Crippen molar-refractivity contribution >= 4 is 22.7 Å². The summed E-state index contributed by atoms with van der Waals surface area (Å²) in [7, 11) is 2.32. The summed E-state index contributed by atoms with van der Waals surface area (Å²) in [6.07, 6.45) is 7.04. The Kier molecular flexibility index (Phi) is 3.08. The van der Waals surface area contributed by atoms with Gasteiger partial charge < -0.3 is 9.88 Å². The Morgan fingerprint density at radius 1 is 1.40 bits per heavy atom. The first-order chi connectivity index (χ1) is 9.78. The summed E-state index contributed by atoms with van der Waals surface area (Å²) in [5.74, 6) is 2.86. The maximum atomic E-state index is 3.46. The number of hydrogen-bond acceptors (Lipinski definition) is 2. The van der Waals surface area contributed by atoms with E-state index in [2.05, 4.69) is 47.6 Å². The average Bonchev–Trinajstić information content (AvgIpc) is 2.86. The van der Waals surface area contributed by atoms with Gasteiger partial charge in [-0.2, -0.15) is 11.8 Å². The van der Waals surface area contributed by atoms with E-state index in [0.29, 0.717) is 6.04 Å². The van der Waals surface area contributed by atoms with Crippen LogP contribution in [0.2, 0.25) is 0 Å². The monoisotopic (exact) mass is 286 g/mol. The van der Waals surface area contributed by atoms with Gasteiger partial charge in [-0.25, -0.2) is 0 Å². The number of nitrogens with zero attached hydrogens (tertiary/aromatic N) is 1. The van der Waals surface area contributed by atoms with Crippen LogP contribution in [-0.4, -0.2) is 41.5 Å². The minimum absolute atomic E-state index is 0.696. The lowest BCUT2D eigenvalue weighted by molar-refractivity contribution is 0.121. The number of aromatic amines is 1. The first-order valence-electron chi connectivity index (χ1n) is 7.56. The van der Waals surface area contributed by atoms with Gasteiger partial charge in [0, 0.05) is 35.6 Å². The lowest BCUT2D eigenvalue weighted by Crippen LogP contribution is -2.48. The fourth-order valence-electron chi connectivity index (χ4n) is 4.41. The highest BCUT2D eigenvalue weighted by atomic mass is 32.2. The Bertz CT molecular complexity index is 633. The molecule has 2 aliphatic rings. The van der Waals surface area contributed by atoms with E-state index < -0.39 is 0 Å². The van der Waals surface area contributed by atoms with Crippen molar-refractivity contribution in [3.63, 3.8) is 0 Å². The molecule has 1 saturated heterocycles. The first-order valence-corrected chi connectivity index (χ1v) is 8.95. The SMILES string of the molecule is CSCC1C[C@H]2c3cccc4[nH]cc(c34)C[C@@H]2N(C)C1. The van der Waals surface area contributed by atoms with E-state index in [1.165, 1.54) is 41.6 Å². The summed E-state index contributed by atoms with van der Waals surface area (Å²) >= 11 is 2.00. The van der Waals surface area contributed by atoms with E-state index in [-0.39, 0.29) is 0 Å². The summed E-state index contributed by atoms with van der Waals surface area (Å²) < 4.78 is 0. The number of likely N-dealkylation sites (N-methyl/N-ethyl adjacent to an activating group) is 1. The van der Waals surface area contributed by atoms with Crippen LogP contribution in [0.5, 0.6) is 0 Å². The van der Waals surface area contributed by atoms with Gasteiger partial charge in [-0.05, 0) is 55.0 Å². The van der Waals surface area contributed by atoms with E-state index in [0.717, 1.165) is 11.8 Å². The van der Waals surface area contributed by atoms with Crippen LogP contribution in [0.3, 0.4) is 0 Å². The lowest BCUT2D eigenvalue weighted by Gasteiger charge is -2.45. The number of piperidine rings is 1. The van der Waals surface area contributed by atoms with E-state index in [9.17, 15) is 0 Å². The number of H-pyrrole nitrogens is 1. The van der Waals surface area contributed by atoms with Crippen LogP contribution >= 0.6 is 11.8 Å². The highest BCUT2D eigenvalue weighted by Gasteiger charge is 2.38. The van der Waals surface area contributed by atoms with Gasteiger partial charge >= 0.3 is 0 Å². The summed E-state index contributed by atoms with van der Waals surface area (Å²) in [5, 5.41) is 1.52. The molecule has 1 aromatic carbocycles. The Hall–Kier alpha value is -0.930. The molecule has 20 heavy (non-hydrogen) atoms. The van der Waals surface area contributed by atoms with Crippen molar-refractivity contribution in [1.82, 2.24) is 9.88 Å². The number of rotatable bonds is 2. The molecular weight excluding hydrogens is 264 g/mol. The number of benzene rings is 1. The Labute approximate surface area is 124 Å². The maximum absolute atomic E-state index is 3.46. The number of nitrogens with one attached hydrogen (secondary N) is 1. The topological polar surface area (TPSA) is 19.0 Å². The summed E-state index contributed by atoms with van der Waals surface area (Å²) in [6.45, 7) is 1.26. The summed E-state index contributed by atoms with van der Waals surface area (Å²) in [6, 6.07) is 7.50. The second kappa shape index (κ2) is 4.81. The zero-order chi connectivity index (χ0) is 13.7. The van der Waals surface area contributed by atoms with Gasteiger partial charge in [0.05, 0.1) is 0 Å². The van der Waals surface area contributed by atoms with Gasteiger partial charge in [0.2, 0.25) is 0 Å². The van der Waals surface area contributed by atoms with Crippen molar-refractivity contribution in [2.75, 3.05) is 25.6 Å². The highest BCUT2D eigenvalue weighted by Crippen LogP contribution is 2.44. The normalized spacial score (nSPS) is 29.6. The molecule has 0 radical (unpaired) electrons. The Morgan fingerprint density at radius 3 is 3.15 bits per heavy atom. The van der Waals surface area contributed by atoms with Crippen LogP contribution in [-0.2, 0) is 6.42 Å². The van der Waals surface area contributed by atoms with E-state index in [1.807, 2.05) is 11.8 Å². The molecule has 1 aliphatic heterocycles. The smallest absolute Gasteiger partial charge is 0.0459 e. The average molecular weight is 286 g/mol. The molecule has 2 heterocycles. The molecule has 2 aromatic rings. The fourth-order valence-corrected chi connectivity index (χ4v) is 5.12. The first kappa shape index (κ1) is 12.8. The third kappa shape index (κ3) is 1.83. The van der Waals surface area contributed by atoms with Crippen molar-refractivity contribution in [1.29, 1.82) is 0 Å². The molecule has 0 saturated carbocycles. The van der Waals surface area contributed by atoms with Crippen LogP contribution < -0.4 is 0 Å². The Morgan fingerprint density at radius 2 is 2.30 bits per heavy atom. The van der Waals surface area contributed by atoms with Crippen molar-refractivity contribution in [3.8, 4) is 0 Å². The molecule has 1 N–H and O–H groups in total. The molecule has 0 spiro atoms. The predicted octanol–water partition coefficient (Wildman–Crippen LogP) is 3.49. The quantitative estimate of drug-likeness (QED) is 0.911.